The fourth-order valence-electron chi connectivity index (χ4n) is 4.90. The number of methoxy groups -OCH3 is 1. The van der Waals surface area contributed by atoms with Gasteiger partial charge in [0.05, 0.1) is 38.6 Å². The number of hydrogen-bond acceptors (Lipinski definition) is 8. The zero-order valence-electron chi connectivity index (χ0n) is 23.9. The summed E-state index contributed by atoms with van der Waals surface area (Å²) in [5.74, 6) is -0.112. The van der Waals surface area contributed by atoms with E-state index in [9.17, 15) is 9.59 Å². The summed E-state index contributed by atoms with van der Waals surface area (Å²) in [7, 11) is 5.57. The molecular weight excluding hydrogens is 496 g/mol. The van der Waals surface area contributed by atoms with Crippen molar-refractivity contribution in [3.8, 4) is 0 Å². The number of likely N-dealkylation sites (N-methyl/N-ethyl adjacent to an activating group) is 1. The van der Waals surface area contributed by atoms with Gasteiger partial charge in [0.1, 0.15) is 6.61 Å². The van der Waals surface area contributed by atoms with E-state index in [0.717, 1.165) is 48.7 Å². The van der Waals surface area contributed by atoms with Crippen molar-refractivity contribution in [3.05, 3.63) is 65.2 Å². The van der Waals surface area contributed by atoms with Crippen LogP contribution < -0.4 is 4.90 Å². The molecule has 0 amide bonds. The van der Waals surface area contributed by atoms with Crippen molar-refractivity contribution in [2.75, 3.05) is 78.8 Å². The third kappa shape index (κ3) is 8.86. The van der Waals surface area contributed by atoms with Gasteiger partial charge in [-0.2, -0.15) is 0 Å². The van der Waals surface area contributed by atoms with Crippen LogP contribution in [0, 0.1) is 0 Å². The summed E-state index contributed by atoms with van der Waals surface area (Å²) in [6.07, 6.45) is 2.20. The van der Waals surface area contributed by atoms with Crippen LogP contribution in [0.2, 0.25) is 0 Å². The molecule has 2 aromatic carbocycles. The molecule has 3 rings (SSSR count). The zero-order valence-corrected chi connectivity index (χ0v) is 23.9. The second-order valence-corrected chi connectivity index (χ2v) is 10.1. The molecule has 39 heavy (non-hydrogen) atoms. The molecule has 0 radical (unpaired) electrons. The normalized spacial score (nSPS) is 15.3. The van der Waals surface area contributed by atoms with Crippen LogP contribution >= 0.6 is 0 Å². The van der Waals surface area contributed by atoms with Gasteiger partial charge in [0.15, 0.2) is 5.78 Å². The van der Waals surface area contributed by atoms with Gasteiger partial charge in [-0.05, 0) is 68.8 Å². The lowest BCUT2D eigenvalue weighted by Crippen LogP contribution is -2.52. The first kappa shape index (κ1) is 30.8. The summed E-state index contributed by atoms with van der Waals surface area (Å²) in [4.78, 5) is 30.3. The number of ketones is 1. The van der Waals surface area contributed by atoms with Crippen molar-refractivity contribution < 1.29 is 28.5 Å². The molecule has 1 saturated heterocycles. The van der Waals surface area contributed by atoms with E-state index in [1.54, 1.807) is 7.11 Å². The van der Waals surface area contributed by atoms with Crippen LogP contribution in [0.3, 0.4) is 0 Å². The molecule has 1 aliphatic rings. The lowest BCUT2D eigenvalue weighted by atomic mass is 9.80. The summed E-state index contributed by atoms with van der Waals surface area (Å²) in [6, 6.07) is 16.2. The SMILES string of the molecule is CCC(Cc1ccc(CCC(=O)OCCOCCOC)cc1)(C(=O)c1ccc(N2CCOCC2)cc1)N(C)C. The second kappa shape index (κ2) is 15.7. The molecule has 8 nitrogen and oxygen atoms in total. The van der Waals surface area contributed by atoms with Gasteiger partial charge in [-0.3, -0.25) is 14.5 Å². The number of anilines is 1. The minimum Gasteiger partial charge on any atom is -0.463 e. The molecule has 2 aromatic rings. The molecule has 1 aliphatic heterocycles. The van der Waals surface area contributed by atoms with Gasteiger partial charge in [-0.15, -0.1) is 0 Å². The number of aryl methyl sites for hydroxylation is 1. The highest BCUT2D eigenvalue weighted by Gasteiger charge is 2.39. The highest BCUT2D eigenvalue weighted by molar-refractivity contribution is 6.03. The van der Waals surface area contributed by atoms with E-state index in [0.29, 0.717) is 45.5 Å². The predicted molar refractivity (Wildman–Crippen MR) is 153 cm³/mol. The Morgan fingerprint density at radius 3 is 2.18 bits per heavy atom. The van der Waals surface area contributed by atoms with Gasteiger partial charge < -0.3 is 23.8 Å². The van der Waals surface area contributed by atoms with Crippen molar-refractivity contribution >= 4 is 17.4 Å². The first-order valence-corrected chi connectivity index (χ1v) is 13.8. The second-order valence-electron chi connectivity index (χ2n) is 10.1. The number of esters is 1. The maximum absolute atomic E-state index is 13.9. The van der Waals surface area contributed by atoms with Crippen LogP contribution in [0.15, 0.2) is 48.5 Å². The highest BCUT2D eigenvalue weighted by Crippen LogP contribution is 2.29. The van der Waals surface area contributed by atoms with Crippen molar-refractivity contribution in [1.29, 1.82) is 0 Å². The van der Waals surface area contributed by atoms with E-state index in [1.165, 1.54) is 0 Å². The molecule has 0 aromatic heterocycles. The Hall–Kier alpha value is -2.78. The van der Waals surface area contributed by atoms with Gasteiger partial charge in [0.2, 0.25) is 0 Å². The molecule has 0 saturated carbocycles. The van der Waals surface area contributed by atoms with Crippen molar-refractivity contribution in [2.45, 2.75) is 38.1 Å². The molecule has 1 atom stereocenters. The first-order chi connectivity index (χ1) is 18.9. The molecule has 1 unspecified atom stereocenters. The largest absolute Gasteiger partial charge is 0.463 e. The summed E-state index contributed by atoms with van der Waals surface area (Å²) < 4.78 is 20.9. The zero-order chi connectivity index (χ0) is 28.1. The Kier molecular flexibility index (Phi) is 12.4. The van der Waals surface area contributed by atoms with Crippen LogP contribution in [0.4, 0.5) is 5.69 Å². The van der Waals surface area contributed by atoms with Gasteiger partial charge in [-0.1, -0.05) is 31.2 Å². The van der Waals surface area contributed by atoms with Crippen LogP contribution in [0.25, 0.3) is 0 Å². The molecular formula is C31H44N2O6. The number of carbonyl (C=O) groups excluding carboxylic acids is 2. The molecule has 0 aliphatic carbocycles. The number of nitrogens with zero attached hydrogens (tertiary/aromatic N) is 2. The van der Waals surface area contributed by atoms with Gasteiger partial charge in [0, 0.05) is 37.9 Å². The third-order valence-corrected chi connectivity index (χ3v) is 7.43. The standard InChI is InChI=1S/C31H44N2O6/c1-5-31(32(2)3,30(35)27-11-13-28(14-12-27)33-16-18-37-19-17-33)24-26-8-6-25(7-9-26)10-15-29(34)39-23-22-38-21-20-36-4/h6-9,11-14H,5,10,15-24H2,1-4H3. The Labute approximate surface area is 233 Å². The summed E-state index contributed by atoms with van der Waals surface area (Å²) in [5.41, 5.74) is 3.34. The number of hydrogen-bond donors (Lipinski definition) is 0. The summed E-state index contributed by atoms with van der Waals surface area (Å²) in [5, 5.41) is 0. The van der Waals surface area contributed by atoms with E-state index in [1.807, 2.05) is 55.4 Å². The van der Waals surface area contributed by atoms with Gasteiger partial charge in [0.25, 0.3) is 0 Å². The average molecular weight is 541 g/mol. The van der Waals surface area contributed by atoms with E-state index in [-0.39, 0.29) is 18.4 Å². The third-order valence-electron chi connectivity index (χ3n) is 7.43. The van der Waals surface area contributed by atoms with Crippen molar-refractivity contribution in [1.82, 2.24) is 4.90 Å². The van der Waals surface area contributed by atoms with Crippen LogP contribution in [0.5, 0.6) is 0 Å². The average Bonchev–Trinajstić information content (AvgIpc) is 2.97. The van der Waals surface area contributed by atoms with Crippen LogP contribution in [0.1, 0.15) is 41.3 Å². The topological polar surface area (TPSA) is 77.5 Å². The Balaban J connectivity index is 1.58. The molecule has 0 bridgehead atoms. The summed E-state index contributed by atoms with van der Waals surface area (Å²) >= 11 is 0. The fraction of sp³-hybridized carbons (Fsp3) is 0.548. The molecule has 8 heteroatoms. The van der Waals surface area contributed by atoms with Gasteiger partial charge >= 0.3 is 5.97 Å². The predicted octanol–water partition coefficient (Wildman–Crippen LogP) is 3.80. The van der Waals surface area contributed by atoms with Crippen LogP contribution in [-0.4, -0.2) is 96.1 Å². The molecule has 1 fully saturated rings. The fourth-order valence-corrected chi connectivity index (χ4v) is 4.90. The molecule has 214 valence electrons. The van der Waals surface area contributed by atoms with Crippen molar-refractivity contribution in [3.63, 3.8) is 0 Å². The van der Waals surface area contributed by atoms with E-state index in [4.69, 9.17) is 18.9 Å². The Morgan fingerprint density at radius 2 is 1.56 bits per heavy atom. The smallest absolute Gasteiger partial charge is 0.306 e. The number of Topliss-reactive ketones (excluding diaryl/α,β-unsaturated/α-hetero) is 1. The minimum absolute atomic E-state index is 0.126. The maximum atomic E-state index is 13.9. The number of carbonyl (C=O) groups is 2. The number of benzene rings is 2. The highest BCUT2D eigenvalue weighted by atomic mass is 16.6. The molecule has 0 N–H and O–H groups in total. The lowest BCUT2D eigenvalue weighted by molar-refractivity contribution is -0.145. The summed E-state index contributed by atoms with van der Waals surface area (Å²) in [6.45, 7) is 6.89. The van der Waals surface area contributed by atoms with Gasteiger partial charge in [-0.25, -0.2) is 0 Å². The molecule has 0 spiro atoms. The minimum atomic E-state index is -0.656. The van der Waals surface area contributed by atoms with Crippen molar-refractivity contribution in [2.24, 2.45) is 0 Å². The monoisotopic (exact) mass is 540 g/mol. The number of rotatable bonds is 16. The quantitative estimate of drug-likeness (QED) is 0.181. The molecule has 1 heterocycles. The number of ether oxygens (including phenoxy) is 4. The van der Waals surface area contributed by atoms with E-state index in [2.05, 4.69) is 24.0 Å². The van der Waals surface area contributed by atoms with E-state index < -0.39 is 5.54 Å². The Bertz CT molecular complexity index is 1020. The first-order valence-electron chi connectivity index (χ1n) is 13.8. The number of morpholine rings is 1. The maximum Gasteiger partial charge on any atom is 0.306 e. The van der Waals surface area contributed by atoms with E-state index >= 15 is 0 Å². The van der Waals surface area contributed by atoms with Crippen LogP contribution in [-0.2, 0) is 36.6 Å². The Morgan fingerprint density at radius 1 is 0.923 bits per heavy atom. The lowest BCUT2D eigenvalue weighted by Gasteiger charge is -2.38.